The highest BCUT2D eigenvalue weighted by atomic mass is 35.5. The largest absolute Gasteiger partial charge is 0.309 e. The van der Waals surface area contributed by atoms with Crippen LogP contribution in [0.2, 0.25) is 10.0 Å². The van der Waals surface area contributed by atoms with E-state index < -0.39 is 10.0 Å². The summed E-state index contributed by atoms with van der Waals surface area (Å²) in [5.41, 5.74) is 2.30. The predicted octanol–water partition coefficient (Wildman–Crippen LogP) is 3.40. The molecular formula is C14H12Cl2N2O2S. The first-order valence-corrected chi connectivity index (χ1v) is 8.50. The molecule has 0 atom stereocenters. The molecule has 0 radical (unpaired) electrons. The molecule has 21 heavy (non-hydrogen) atoms. The van der Waals surface area contributed by atoms with Crippen molar-refractivity contribution >= 4 is 38.9 Å². The highest BCUT2D eigenvalue weighted by molar-refractivity contribution is 7.92. The van der Waals surface area contributed by atoms with Crippen molar-refractivity contribution in [2.45, 2.75) is 18.0 Å². The topological polar surface area (TPSA) is 58.2 Å². The van der Waals surface area contributed by atoms with Gasteiger partial charge in [0.2, 0.25) is 0 Å². The minimum absolute atomic E-state index is 0.194. The van der Waals surface area contributed by atoms with E-state index in [2.05, 4.69) is 10.0 Å². The number of benzene rings is 2. The Morgan fingerprint density at radius 3 is 2.38 bits per heavy atom. The number of sulfonamides is 1. The van der Waals surface area contributed by atoms with Crippen LogP contribution < -0.4 is 10.0 Å². The van der Waals surface area contributed by atoms with E-state index in [4.69, 9.17) is 23.2 Å². The smallest absolute Gasteiger partial charge is 0.261 e. The van der Waals surface area contributed by atoms with Crippen molar-refractivity contribution in [3.05, 3.63) is 57.6 Å². The molecule has 0 saturated heterocycles. The van der Waals surface area contributed by atoms with E-state index in [1.165, 1.54) is 0 Å². The number of hydrogen-bond donors (Lipinski definition) is 2. The van der Waals surface area contributed by atoms with E-state index in [0.717, 1.165) is 17.7 Å². The van der Waals surface area contributed by atoms with Gasteiger partial charge in [-0.05, 0) is 35.4 Å². The lowest BCUT2D eigenvalue weighted by atomic mass is 10.1. The van der Waals surface area contributed by atoms with Gasteiger partial charge in [0.1, 0.15) is 0 Å². The summed E-state index contributed by atoms with van der Waals surface area (Å²) in [5, 5.41) is 3.69. The van der Waals surface area contributed by atoms with Crippen LogP contribution in [0.15, 0.2) is 41.3 Å². The van der Waals surface area contributed by atoms with E-state index in [1.54, 1.807) is 30.3 Å². The third kappa shape index (κ3) is 2.87. The van der Waals surface area contributed by atoms with Gasteiger partial charge < -0.3 is 5.32 Å². The molecule has 1 aliphatic heterocycles. The average Bonchev–Trinajstić information content (AvgIpc) is 2.90. The minimum atomic E-state index is -3.73. The second-order valence-corrected chi connectivity index (χ2v) is 7.23. The van der Waals surface area contributed by atoms with Crippen LogP contribution in [0.25, 0.3) is 0 Å². The summed E-state index contributed by atoms with van der Waals surface area (Å²) in [7, 11) is -3.73. The number of hydrogen-bond acceptors (Lipinski definition) is 3. The van der Waals surface area contributed by atoms with Crippen LogP contribution in [-0.2, 0) is 23.1 Å². The molecule has 0 aliphatic carbocycles. The monoisotopic (exact) mass is 342 g/mol. The highest BCUT2D eigenvalue weighted by Crippen LogP contribution is 2.32. The molecule has 0 amide bonds. The van der Waals surface area contributed by atoms with Crippen LogP contribution in [-0.4, -0.2) is 8.42 Å². The van der Waals surface area contributed by atoms with Crippen molar-refractivity contribution in [3.63, 3.8) is 0 Å². The molecule has 1 aliphatic rings. The molecule has 0 aromatic heterocycles. The van der Waals surface area contributed by atoms with Crippen molar-refractivity contribution in [3.8, 4) is 0 Å². The lowest BCUT2D eigenvalue weighted by Gasteiger charge is -2.12. The number of nitrogens with one attached hydrogen (secondary N) is 2. The Morgan fingerprint density at radius 2 is 1.67 bits per heavy atom. The zero-order valence-corrected chi connectivity index (χ0v) is 13.2. The molecule has 0 bridgehead atoms. The van der Waals surface area contributed by atoms with E-state index in [9.17, 15) is 8.42 Å². The maximum absolute atomic E-state index is 12.5. The van der Waals surface area contributed by atoms with Crippen LogP contribution in [0.1, 0.15) is 11.1 Å². The molecule has 2 aromatic carbocycles. The van der Waals surface area contributed by atoms with E-state index in [-0.39, 0.29) is 20.6 Å². The normalized spacial score (nSPS) is 14.0. The summed E-state index contributed by atoms with van der Waals surface area (Å²) in [6, 6.07) is 9.89. The van der Waals surface area contributed by atoms with Crippen molar-refractivity contribution < 1.29 is 8.42 Å². The second-order valence-electron chi connectivity index (χ2n) is 4.74. The standard InChI is InChI=1S/C14H12Cl2N2O2S/c15-12-2-1-3-13(16)14(12)18-21(19,20)11-5-4-9-7-17-8-10(9)6-11/h1-6,17-18H,7-8H2. The van der Waals surface area contributed by atoms with Gasteiger partial charge in [-0.2, -0.15) is 0 Å². The fourth-order valence-corrected chi connectivity index (χ4v) is 3.98. The van der Waals surface area contributed by atoms with Gasteiger partial charge in [-0.3, -0.25) is 4.72 Å². The Kier molecular flexibility index (Phi) is 3.84. The van der Waals surface area contributed by atoms with E-state index in [1.807, 2.05) is 6.07 Å². The Labute approximate surface area is 133 Å². The lowest BCUT2D eigenvalue weighted by molar-refractivity contribution is 0.601. The summed E-state index contributed by atoms with van der Waals surface area (Å²) in [6.45, 7) is 1.44. The Bertz CT molecular complexity index is 786. The lowest BCUT2D eigenvalue weighted by Crippen LogP contribution is -2.14. The third-order valence-electron chi connectivity index (χ3n) is 3.32. The molecule has 0 saturated carbocycles. The molecule has 1 heterocycles. The van der Waals surface area contributed by atoms with Gasteiger partial charge in [-0.1, -0.05) is 35.3 Å². The van der Waals surface area contributed by atoms with Crippen molar-refractivity contribution in [1.29, 1.82) is 0 Å². The van der Waals surface area contributed by atoms with Gasteiger partial charge in [-0.15, -0.1) is 0 Å². The summed E-state index contributed by atoms with van der Waals surface area (Å²) in [4.78, 5) is 0.195. The fraction of sp³-hybridized carbons (Fsp3) is 0.143. The Hall–Kier alpha value is -1.27. The van der Waals surface area contributed by atoms with Gasteiger partial charge in [0.05, 0.1) is 20.6 Å². The molecule has 0 fully saturated rings. The van der Waals surface area contributed by atoms with Gasteiger partial charge in [0.25, 0.3) is 10.0 Å². The van der Waals surface area contributed by atoms with Crippen LogP contribution in [0, 0.1) is 0 Å². The van der Waals surface area contributed by atoms with Crippen molar-refractivity contribution in [1.82, 2.24) is 5.32 Å². The zero-order chi connectivity index (χ0) is 15.0. The van der Waals surface area contributed by atoms with Gasteiger partial charge >= 0.3 is 0 Å². The average molecular weight is 343 g/mol. The first kappa shape index (κ1) is 14.7. The quantitative estimate of drug-likeness (QED) is 0.898. The van der Waals surface area contributed by atoms with Crippen LogP contribution in [0.3, 0.4) is 0 Å². The number of rotatable bonds is 3. The number of para-hydroxylation sites is 1. The molecule has 4 nitrogen and oxygen atoms in total. The predicted molar refractivity (Wildman–Crippen MR) is 84.3 cm³/mol. The fourth-order valence-electron chi connectivity index (χ4n) is 2.23. The molecule has 7 heteroatoms. The summed E-state index contributed by atoms with van der Waals surface area (Å²) < 4.78 is 27.4. The van der Waals surface area contributed by atoms with Crippen LogP contribution >= 0.6 is 23.2 Å². The summed E-state index contributed by atoms with van der Waals surface area (Å²) in [5.74, 6) is 0. The SMILES string of the molecule is O=S(=O)(Nc1c(Cl)cccc1Cl)c1ccc2c(c1)CNC2. The van der Waals surface area contributed by atoms with Gasteiger partial charge in [0, 0.05) is 13.1 Å². The molecule has 0 spiro atoms. The Morgan fingerprint density at radius 1 is 1.00 bits per heavy atom. The minimum Gasteiger partial charge on any atom is -0.309 e. The molecule has 3 rings (SSSR count). The van der Waals surface area contributed by atoms with Crippen molar-refractivity contribution in [2.24, 2.45) is 0 Å². The number of halogens is 2. The maximum atomic E-state index is 12.5. The van der Waals surface area contributed by atoms with E-state index in [0.29, 0.717) is 6.54 Å². The van der Waals surface area contributed by atoms with Gasteiger partial charge in [0.15, 0.2) is 0 Å². The summed E-state index contributed by atoms with van der Waals surface area (Å²) >= 11 is 12.0. The molecule has 2 aromatic rings. The van der Waals surface area contributed by atoms with Crippen LogP contribution in [0.5, 0.6) is 0 Å². The molecular weight excluding hydrogens is 331 g/mol. The third-order valence-corrected chi connectivity index (χ3v) is 5.30. The van der Waals surface area contributed by atoms with Crippen LogP contribution in [0.4, 0.5) is 5.69 Å². The summed E-state index contributed by atoms with van der Waals surface area (Å²) in [6.07, 6.45) is 0. The second kappa shape index (κ2) is 5.50. The first-order chi connectivity index (χ1) is 9.97. The Balaban J connectivity index is 1.98. The first-order valence-electron chi connectivity index (χ1n) is 6.27. The number of fused-ring (bicyclic) bond motifs is 1. The molecule has 2 N–H and O–H groups in total. The van der Waals surface area contributed by atoms with Crippen molar-refractivity contribution in [2.75, 3.05) is 4.72 Å². The number of anilines is 1. The molecule has 110 valence electrons. The van der Waals surface area contributed by atoms with E-state index >= 15 is 0 Å². The highest BCUT2D eigenvalue weighted by Gasteiger charge is 2.20. The van der Waals surface area contributed by atoms with Gasteiger partial charge in [-0.25, -0.2) is 8.42 Å². The molecule has 0 unspecified atom stereocenters. The maximum Gasteiger partial charge on any atom is 0.261 e. The zero-order valence-electron chi connectivity index (χ0n) is 10.9.